The van der Waals surface area contributed by atoms with Crippen LogP contribution in [-0.2, 0) is 4.79 Å². The number of carbonyl (C=O) groups is 1. The van der Waals surface area contributed by atoms with Crippen LogP contribution < -0.4 is 0 Å². The number of hydrogen-bond acceptors (Lipinski definition) is 3. The van der Waals surface area contributed by atoms with E-state index >= 15 is 0 Å². The number of amides is 1. The van der Waals surface area contributed by atoms with Gasteiger partial charge in [0.2, 0.25) is 5.91 Å². The van der Waals surface area contributed by atoms with Gasteiger partial charge in [0.15, 0.2) is 0 Å². The van der Waals surface area contributed by atoms with Crippen LogP contribution in [0.4, 0.5) is 5.69 Å². The molecule has 0 heterocycles. The van der Waals surface area contributed by atoms with Crippen molar-refractivity contribution in [2.24, 2.45) is 0 Å². The van der Waals surface area contributed by atoms with Crippen LogP contribution in [-0.4, -0.2) is 28.8 Å². The molecule has 0 aliphatic heterocycles. The molecule has 0 saturated heterocycles. The molecule has 0 aliphatic rings. The largest absolute Gasteiger partial charge is 0.343 e. The van der Waals surface area contributed by atoms with E-state index in [2.05, 4.69) is 13.8 Å². The number of hydrogen-bond donors (Lipinski definition) is 0. The molecule has 0 bridgehead atoms. The smallest absolute Gasteiger partial charge is 0.269 e. The molecule has 1 atom stereocenters. The topological polar surface area (TPSA) is 63.5 Å². The average molecular weight is 348 g/mol. The van der Waals surface area contributed by atoms with E-state index in [1.165, 1.54) is 12.8 Å². The van der Waals surface area contributed by atoms with E-state index in [4.69, 9.17) is 0 Å². The maximum absolute atomic E-state index is 12.2. The predicted molar refractivity (Wildman–Crippen MR) is 102 cm³/mol. The lowest BCUT2D eigenvalue weighted by Gasteiger charge is -2.22. The number of nitro benzene ring substituents is 1. The van der Waals surface area contributed by atoms with Crippen molar-refractivity contribution in [2.45, 2.75) is 71.6 Å². The van der Waals surface area contributed by atoms with Crippen molar-refractivity contribution in [3.63, 3.8) is 0 Å². The van der Waals surface area contributed by atoms with Gasteiger partial charge in [0, 0.05) is 31.6 Å². The second-order valence-electron chi connectivity index (χ2n) is 6.68. The summed E-state index contributed by atoms with van der Waals surface area (Å²) in [5, 5.41) is 10.7. The van der Waals surface area contributed by atoms with Gasteiger partial charge in [0.1, 0.15) is 0 Å². The molecule has 0 aromatic heterocycles. The molecule has 5 nitrogen and oxygen atoms in total. The molecule has 1 unspecified atom stereocenters. The first-order chi connectivity index (χ1) is 12.0. The van der Waals surface area contributed by atoms with Crippen LogP contribution in [0.2, 0.25) is 0 Å². The molecular weight excluding hydrogens is 316 g/mol. The number of nitrogens with zero attached hydrogens (tertiary/aromatic N) is 2. The molecule has 1 amide bonds. The summed E-state index contributed by atoms with van der Waals surface area (Å²) in [4.78, 5) is 24.5. The maximum Gasteiger partial charge on any atom is 0.269 e. The zero-order valence-corrected chi connectivity index (χ0v) is 15.9. The van der Waals surface area contributed by atoms with Crippen molar-refractivity contribution in [2.75, 3.05) is 13.1 Å². The quantitative estimate of drug-likeness (QED) is 0.292. The Balaban J connectivity index is 2.37. The molecule has 0 N–H and O–H groups in total. The van der Waals surface area contributed by atoms with E-state index in [0.717, 1.165) is 44.3 Å². The fraction of sp³-hybridized carbons (Fsp3) is 0.650. The highest BCUT2D eigenvalue weighted by molar-refractivity contribution is 5.76. The lowest BCUT2D eigenvalue weighted by molar-refractivity contribution is -0.384. The third-order valence-electron chi connectivity index (χ3n) is 4.72. The number of benzene rings is 1. The number of carbonyl (C=O) groups excluding carboxylic acids is 1. The highest BCUT2D eigenvalue weighted by Crippen LogP contribution is 2.23. The van der Waals surface area contributed by atoms with Gasteiger partial charge in [0.25, 0.3) is 5.69 Å². The first kappa shape index (κ1) is 21.1. The second kappa shape index (κ2) is 11.6. The highest BCUT2D eigenvalue weighted by Gasteiger charge is 2.13. The van der Waals surface area contributed by atoms with Gasteiger partial charge in [-0.05, 0) is 37.7 Å². The second-order valence-corrected chi connectivity index (χ2v) is 6.68. The van der Waals surface area contributed by atoms with Crippen molar-refractivity contribution >= 4 is 11.6 Å². The van der Waals surface area contributed by atoms with Gasteiger partial charge in [-0.2, -0.15) is 0 Å². The fourth-order valence-corrected chi connectivity index (χ4v) is 3.00. The van der Waals surface area contributed by atoms with Gasteiger partial charge in [-0.25, -0.2) is 0 Å². The molecule has 0 spiro atoms. The first-order valence-corrected chi connectivity index (χ1v) is 9.51. The van der Waals surface area contributed by atoms with Crippen LogP contribution in [0.25, 0.3) is 0 Å². The molecule has 1 aromatic rings. The minimum absolute atomic E-state index is 0.127. The summed E-state index contributed by atoms with van der Waals surface area (Å²) >= 11 is 0. The number of rotatable bonds is 12. The number of non-ortho nitro benzene ring substituents is 1. The normalized spacial score (nSPS) is 12.0. The van der Waals surface area contributed by atoms with Crippen molar-refractivity contribution in [1.29, 1.82) is 0 Å². The van der Waals surface area contributed by atoms with Gasteiger partial charge < -0.3 is 4.90 Å². The zero-order chi connectivity index (χ0) is 18.7. The Labute approximate surface area is 151 Å². The molecule has 0 saturated carbocycles. The molecule has 0 aliphatic carbocycles. The molecule has 0 fully saturated rings. The summed E-state index contributed by atoms with van der Waals surface area (Å²) in [7, 11) is 0. The SMILES string of the molecule is CCCCCCC(=O)N(CC)CCCC(C)c1ccc([N+](=O)[O-])cc1. The van der Waals surface area contributed by atoms with E-state index in [-0.39, 0.29) is 16.5 Å². The Bertz CT molecular complexity index is 528. The first-order valence-electron chi connectivity index (χ1n) is 9.51. The third kappa shape index (κ3) is 7.67. The van der Waals surface area contributed by atoms with Crippen LogP contribution in [0.1, 0.15) is 77.2 Å². The Morgan fingerprint density at radius 2 is 1.80 bits per heavy atom. The van der Waals surface area contributed by atoms with Gasteiger partial charge in [-0.1, -0.05) is 45.2 Å². The standard InChI is InChI=1S/C20H32N2O3/c1-4-6-7-8-11-20(23)21(5-2)16-9-10-17(3)18-12-14-19(15-13-18)22(24)25/h12-15,17H,4-11,16H2,1-3H3. The van der Waals surface area contributed by atoms with Crippen molar-refractivity contribution in [3.8, 4) is 0 Å². The summed E-state index contributed by atoms with van der Waals surface area (Å²) in [6.45, 7) is 7.89. The van der Waals surface area contributed by atoms with Gasteiger partial charge in [-0.15, -0.1) is 0 Å². The van der Waals surface area contributed by atoms with E-state index in [1.54, 1.807) is 12.1 Å². The summed E-state index contributed by atoms with van der Waals surface area (Å²) in [6.07, 6.45) is 7.09. The van der Waals surface area contributed by atoms with Gasteiger partial charge in [-0.3, -0.25) is 14.9 Å². The molecule has 1 aromatic carbocycles. The molecule has 1 rings (SSSR count). The van der Waals surface area contributed by atoms with Crippen molar-refractivity contribution in [3.05, 3.63) is 39.9 Å². The van der Waals surface area contributed by atoms with E-state index in [9.17, 15) is 14.9 Å². The Morgan fingerprint density at radius 1 is 1.12 bits per heavy atom. The molecule has 25 heavy (non-hydrogen) atoms. The molecule has 140 valence electrons. The van der Waals surface area contributed by atoms with Gasteiger partial charge >= 0.3 is 0 Å². The summed E-state index contributed by atoms with van der Waals surface area (Å²) < 4.78 is 0. The van der Waals surface area contributed by atoms with E-state index < -0.39 is 0 Å². The summed E-state index contributed by atoms with van der Waals surface area (Å²) in [6, 6.07) is 6.78. The monoisotopic (exact) mass is 348 g/mol. The minimum Gasteiger partial charge on any atom is -0.343 e. The minimum atomic E-state index is -0.375. The van der Waals surface area contributed by atoms with Crippen LogP contribution >= 0.6 is 0 Å². The van der Waals surface area contributed by atoms with Crippen LogP contribution in [0.3, 0.4) is 0 Å². The van der Waals surface area contributed by atoms with Crippen LogP contribution in [0.15, 0.2) is 24.3 Å². The van der Waals surface area contributed by atoms with Gasteiger partial charge in [0.05, 0.1) is 4.92 Å². The zero-order valence-electron chi connectivity index (χ0n) is 15.9. The van der Waals surface area contributed by atoms with Crippen LogP contribution in [0, 0.1) is 10.1 Å². The molecule has 5 heteroatoms. The van der Waals surface area contributed by atoms with Crippen molar-refractivity contribution < 1.29 is 9.72 Å². The van der Waals surface area contributed by atoms with E-state index in [1.807, 2.05) is 24.0 Å². The third-order valence-corrected chi connectivity index (χ3v) is 4.72. The summed E-state index contributed by atoms with van der Waals surface area (Å²) in [5.74, 6) is 0.598. The molecular formula is C20H32N2O3. The Morgan fingerprint density at radius 3 is 2.36 bits per heavy atom. The van der Waals surface area contributed by atoms with Crippen LogP contribution in [0.5, 0.6) is 0 Å². The lowest BCUT2D eigenvalue weighted by Crippen LogP contribution is -2.31. The fourth-order valence-electron chi connectivity index (χ4n) is 3.00. The summed E-state index contributed by atoms with van der Waals surface area (Å²) in [5.41, 5.74) is 1.24. The highest BCUT2D eigenvalue weighted by atomic mass is 16.6. The number of unbranched alkanes of at least 4 members (excludes halogenated alkanes) is 3. The Hall–Kier alpha value is -1.91. The number of nitro groups is 1. The maximum atomic E-state index is 12.2. The average Bonchev–Trinajstić information content (AvgIpc) is 2.62. The Kier molecular flexibility index (Phi) is 9.81. The van der Waals surface area contributed by atoms with Crippen molar-refractivity contribution in [1.82, 2.24) is 4.90 Å². The van der Waals surface area contributed by atoms with E-state index in [0.29, 0.717) is 12.3 Å². The predicted octanol–water partition coefficient (Wildman–Crippen LogP) is 5.30. The molecule has 0 radical (unpaired) electrons. The lowest BCUT2D eigenvalue weighted by atomic mass is 9.96.